The topological polar surface area (TPSA) is 146 Å². The van der Waals surface area contributed by atoms with Crippen LogP contribution < -0.4 is 16.3 Å². The summed E-state index contributed by atoms with van der Waals surface area (Å²) in [7, 11) is -3.88. The molecule has 0 atom stereocenters. The van der Waals surface area contributed by atoms with Gasteiger partial charge in [-0.2, -0.15) is 0 Å². The van der Waals surface area contributed by atoms with Crippen molar-refractivity contribution >= 4 is 33.4 Å². The molecule has 1 heterocycles. The number of nitrogens with zero attached hydrogens (tertiary/aromatic N) is 3. The average molecular weight is 475 g/mol. The molecule has 0 unspecified atom stereocenters. The Hall–Kier alpha value is -2.89. The van der Waals surface area contributed by atoms with E-state index in [1.165, 1.54) is 16.3 Å². The van der Waals surface area contributed by atoms with Crippen LogP contribution in [-0.4, -0.2) is 35.0 Å². The number of carbonyl (C=O) groups excluding carboxylic acids is 1. The van der Waals surface area contributed by atoms with Crippen molar-refractivity contribution in [2.75, 3.05) is 16.9 Å². The number of amides is 1. The van der Waals surface area contributed by atoms with Crippen molar-refractivity contribution in [1.82, 2.24) is 14.9 Å². The number of benzene rings is 2. The molecule has 0 aliphatic carbocycles. The molecule has 3 rings (SSSR count). The average Bonchev–Trinajstić information content (AvgIpc) is 3.07. The van der Waals surface area contributed by atoms with Crippen LogP contribution in [0.2, 0.25) is 0 Å². The molecule has 0 saturated heterocycles. The predicted octanol–water partition coefficient (Wildman–Crippen LogP) is 2.64. The summed E-state index contributed by atoms with van der Waals surface area (Å²) in [5, 5.41) is 16.5. The number of hydrogen-bond acceptors (Lipinski definition) is 7. The fourth-order valence-corrected chi connectivity index (χ4v) is 4.47. The Morgan fingerprint density at radius 1 is 1.12 bits per heavy atom. The summed E-state index contributed by atoms with van der Waals surface area (Å²) in [6, 6.07) is 12.5. The van der Waals surface area contributed by atoms with Gasteiger partial charge >= 0.3 is 0 Å². The van der Waals surface area contributed by atoms with Gasteiger partial charge in [-0.15, -0.1) is 10.2 Å². The van der Waals surface area contributed by atoms with E-state index in [0.717, 1.165) is 17.3 Å². The highest BCUT2D eigenvalue weighted by Gasteiger charge is 2.17. The summed E-state index contributed by atoms with van der Waals surface area (Å²) in [6.45, 7) is 8.04. The molecule has 0 spiro atoms. The van der Waals surface area contributed by atoms with E-state index < -0.39 is 10.0 Å². The number of aromatic nitrogens is 3. The number of hydrogen-bond donors (Lipinski definition) is 3. The lowest BCUT2D eigenvalue weighted by molar-refractivity contribution is -0.113. The van der Waals surface area contributed by atoms with Crippen molar-refractivity contribution in [3.05, 3.63) is 53.6 Å². The molecule has 170 valence electrons. The number of rotatable bonds is 6. The normalized spacial score (nSPS) is 12.0. The zero-order valence-corrected chi connectivity index (χ0v) is 19.9. The number of nitrogen functional groups attached to an aromatic ring is 1. The van der Waals surface area contributed by atoms with Gasteiger partial charge in [-0.1, -0.05) is 62.9 Å². The van der Waals surface area contributed by atoms with Gasteiger partial charge in [0.25, 0.3) is 0 Å². The first-order valence-electron chi connectivity index (χ1n) is 9.74. The van der Waals surface area contributed by atoms with Crippen LogP contribution in [0, 0.1) is 6.92 Å². The summed E-state index contributed by atoms with van der Waals surface area (Å²) in [5.41, 5.74) is 2.88. The summed E-state index contributed by atoms with van der Waals surface area (Å²) in [4.78, 5) is 12.3. The molecule has 0 saturated carbocycles. The van der Waals surface area contributed by atoms with Gasteiger partial charge in [0.1, 0.15) is 0 Å². The molecule has 1 aromatic heterocycles. The number of nitrogens with two attached hydrogens (primary N) is 2. The zero-order chi connectivity index (χ0) is 23.7. The van der Waals surface area contributed by atoms with Gasteiger partial charge in [-0.05, 0) is 35.6 Å². The monoisotopic (exact) mass is 474 g/mol. The summed E-state index contributed by atoms with van der Waals surface area (Å²) >= 11 is 1.12. The van der Waals surface area contributed by atoms with Crippen LogP contribution in [0.1, 0.15) is 31.9 Å². The highest BCUT2D eigenvalue weighted by atomic mass is 32.2. The second-order valence-electron chi connectivity index (χ2n) is 8.37. The summed E-state index contributed by atoms with van der Waals surface area (Å²) < 4.78 is 24.7. The van der Waals surface area contributed by atoms with E-state index in [2.05, 4.69) is 36.3 Å². The maximum atomic E-state index is 12.3. The van der Waals surface area contributed by atoms with Crippen molar-refractivity contribution in [3.8, 4) is 11.4 Å². The number of nitrogens with one attached hydrogen (secondary N) is 1. The minimum Gasteiger partial charge on any atom is -0.335 e. The summed E-state index contributed by atoms with van der Waals surface area (Å²) in [6.07, 6.45) is 0. The highest BCUT2D eigenvalue weighted by molar-refractivity contribution is 7.99. The lowest BCUT2D eigenvalue weighted by atomic mass is 9.87. The molecule has 0 bridgehead atoms. The van der Waals surface area contributed by atoms with Crippen LogP contribution in [-0.2, 0) is 20.2 Å². The minimum absolute atomic E-state index is 0.0108. The van der Waals surface area contributed by atoms with Crippen LogP contribution in [0.25, 0.3) is 11.4 Å². The van der Waals surface area contributed by atoms with Crippen molar-refractivity contribution in [2.24, 2.45) is 5.14 Å². The number of primary sulfonamides is 1. The lowest BCUT2D eigenvalue weighted by Gasteiger charge is -2.19. The van der Waals surface area contributed by atoms with Gasteiger partial charge in [-0.25, -0.2) is 18.2 Å². The summed E-state index contributed by atoms with van der Waals surface area (Å²) in [5.74, 6) is 6.29. The molecule has 0 fully saturated rings. The van der Waals surface area contributed by atoms with E-state index in [0.29, 0.717) is 22.2 Å². The van der Waals surface area contributed by atoms with Crippen LogP contribution in [0.3, 0.4) is 0 Å². The van der Waals surface area contributed by atoms with Crippen molar-refractivity contribution in [3.63, 3.8) is 0 Å². The van der Waals surface area contributed by atoms with Gasteiger partial charge < -0.3 is 11.2 Å². The zero-order valence-electron chi connectivity index (χ0n) is 18.3. The molecule has 0 aliphatic rings. The molecule has 11 heteroatoms. The smallest absolute Gasteiger partial charge is 0.238 e. The molecular formula is C21H26N6O3S2. The van der Waals surface area contributed by atoms with Gasteiger partial charge in [0, 0.05) is 11.3 Å². The number of aryl methyl sites for hydroxylation is 1. The molecule has 0 aliphatic heterocycles. The number of sulfonamides is 1. The van der Waals surface area contributed by atoms with E-state index in [-0.39, 0.29) is 22.0 Å². The molecular weight excluding hydrogens is 448 g/mol. The van der Waals surface area contributed by atoms with Crippen molar-refractivity contribution in [2.45, 2.75) is 43.2 Å². The Labute approximate surface area is 191 Å². The lowest BCUT2D eigenvalue weighted by Crippen LogP contribution is -2.18. The fraction of sp³-hybridized carbons (Fsp3) is 0.286. The van der Waals surface area contributed by atoms with Crippen molar-refractivity contribution < 1.29 is 13.2 Å². The van der Waals surface area contributed by atoms with Crippen LogP contribution in [0.5, 0.6) is 0 Å². The third kappa shape index (κ3) is 5.47. The Kier molecular flexibility index (Phi) is 6.63. The van der Waals surface area contributed by atoms with E-state index in [1.807, 2.05) is 24.3 Å². The SMILES string of the molecule is Cc1ccc(NC(=O)CSc2nnc(-c3ccc(C(C)(C)C)cc3)n2N)cc1S(N)(=O)=O. The molecule has 5 N–H and O–H groups in total. The minimum atomic E-state index is -3.88. The Morgan fingerprint density at radius 3 is 2.38 bits per heavy atom. The molecule has 32 heavy (non-hydrogen) atoms. The van der Waals surface area contributed by atoms with Crippen LogP contribution in [0.15, 0.2) is 52.5 Å². The predicted molar refractivity (Wildman–Crippen MR) is 126 cm³/mol. The van der Waals surface area contributed by atoms with Crippen LogP contribution in [0.4, 0.5) is 5.69 Å². The van der Waals surface area contributed by atoms with Crippen LogP contribution >= 0.6 is 11.8 Å². The van der Waals surface area contributed by atoms with E-state index in [1.54, 1.807) is 19.1 Å². The number of anilines is 1. The first-order chi connectivity index (χ1) is 14.9. The first-order valence-corrected chi connectivity index (χ1v) is 12.3. The highest BCUT2D eigenvalue weighted by Crippen LogP contribution is 2.26. The molecule has 1 amide bonds. The third-order valence-corrected chi connectivity index (χ3v) is 6.78. The van der Waals surface area contributed by atoms with Crippen molar-refractivity contribution in [1.29, 1.82) is 0 Å². The number of carbonyl (C=O) groups is 1. The van der Waals surface area contributed by atoms with E-state index >= 15 is 0 Å². The fourth-order valence-electron chi connectivity index (χ4n) is 3.00. The quantitative estimate of drug-likeness (QED) is 0.368. The van der Waals surface area contributed by atoms with Gasteiger partial charge in [0.2, 0.25) is 21.1 Å². The maximum Gasteiger partial charge on any atom is 0.238 e. The molecule has 0 radical (unpaired) electrons. The first kappa shape index (κ1) is 23.8. The molecule has 9 nitrogen and oxygen atoms in total. The second kappa shape index (κ2) is 8.93. The second-order valence-corrected chi connectivity index (χ2v) is 10.8. The number of thioether (sulfide) groups is 1. The standard InChI is InChI=1S/C21H26N6O3S2/c1-13-5-10-16(11-17(13)32(23,29)30)24-18(28)12-31-20-26-25-19(27(20)22)14-6-8-15(9-7-14)21(2,3)4/h5-11H,12,22H2,1-4H3,(H,24,28)(H2,23,29,30). The Balaban J connectivity index is 1.67. The van der Waals surface area contributed by atoms with Gasteiger partial charge in [-0.3, -0.25) is 4.79 Å². The van der Waals surface area contributed by atoms with Gasteiger partial charge in [0.15, 0.2) is 5.82 Å². The Bertz CT molecular complexity index is 1250. The largest absolute Gasteiger partial charge is 0.335 e. The maximum absolute atomic E-state index is 12.3. The third-order valence-electron chi connectivity index (χ3n) is 4.78. The van der Waals surface area contributed by atoms with Gasteiger partial charge in [0.05, 0.1) is 10.6 Å². The van der Waals surface area contributed by atoms with E-state index in [4.69, 9.17) is 11.0 Å². The Morgan fingerprint density at radius 2 is 1.78 bits per heavy atom. The molecule has 3 aromatic rings. The van der Waals surface area contributed by atoms with E-state index in [9.17, 15) is 13.2 Å². The molecule has 2 aromatic carbocycles.